The summed E-state index contributed by atoms with van der Waals surface area (Å²) in [6.45, 7) is 0. The number of para-hydroxylation sites is 2. The molecule has 128 valence electrons. The van der Waals surface area contributed by atoms with E-state index in [4.69, 9.17) is 9.47 Å². The van der Waals surface area contributed by atoms with Crippen molar-refractivity contribution in [3.05, 3.63) is 47.5 Å². The molecule has 0 fully saturated rings. The first-order valence-electron chi connectivity index (χ1n) is 7.36. The van der Waals surface area contributed by atoms with E-state index in [1.54, 1.807) is 12.1 Å². The lowest BCUT2D eigenvalue weighted by atomic mass is 10.1. The smallest absolute Gasteiger partial charge is 0.340 e. The third-order valence-electron chi connectivity index (χ3n) is 3.56. The zero-order valence-corrected chi connectivity index (χ0v) is 13.6. The molecular formula is C17H16N4O4. The predicted octanol–water partition coefficient (Wildman–Crippen LogP) is 2.72. The van der Waals surface area contributed by atoms with Gasteiger partial charge < -0.3 is 19.6 Å². The standard InChI is InChI=1S/C17H16N4O4/c1-24-13-8-7-10(14(16(22)23)15(13)25-2)9-18-21-17-19-11-5-3-4-6-12(11)20-17/h3-9H,1-2H3,(H,22,23)(H2,19,20,21)/b18-9+. The molecule has 0 saturated heterocycles. The van der Waals surface area contributed by atoms with Crippen molar-refractivity contribution < 1.29 is 19.4 Å². The number of hydrogen-bond acceptors (Lipinski definition) is 6. The molecule has 2 aromatic carbocycles. The average molecular weight is 340 g/mol. The largest absolute Gasteiger partial charge is 0.493 e. The minimum Gasteiger partial charge on any atom is -0.493 e. The normalized spacial score (nSPS) is 11.0. The molecule has 25 heavy (non-hydrogen) atoms. The highest BCUT2D eigenvalue weighted by molar-refractivity contribution is 6.02. The van der Waals surface area contributed by atoms with Crippen molar-refractivity contribution in [2.75, 3.05) is 19.6 Å². The predicted molar refractivity (Wildman–Crippen MR) is 93.8 cm³/mol. The number of carboxylic acids is 1. The summed E-state index contributed by atoms with van der Waals surface area (Å²) >= 11 is 0. The second-order valence-electron chi connectivity index (χ2n) is 5.04. The monoisotopic (exact) mass is 340 g/mol. The average Bonchev–Trinajstić information content (AvgIpc) is 3.03. The fourth-order valence-corrected chi connectivity index (χ4v) is 2.44. The number of aromatic carboxylic acids is 1. The Bertz CT molecular complexity index is 916. The van der Waals surface area contributed by atoms with Crippen LogP contribution in [-0.4, -0.2) is 41.5 Å². The highest BCUT2D eigenvalue weighted by atomic mass is 16.5. The van der Waals surface area contributed by atoms with E-state index < -0.39 is 5.97 Å². The van der Waals surface area contributed by atoms with Crippen LogP contribution in [-0.2, 0) is 0 Å². The number of aromatic nitrogens is 2. The lowest BCUT2D eigenvalue weighted by Crippen LogP contribution is -2.07. The van der Waals surface area contributed by atoms with Crippen molar-refractivity contribution in [1.29, 1.82) is 0 Å². The summed E-state index contributed by atoms with van der Waals surface area (Å²) in [5.74, 6) is -0.208. The third kappa shape index (κ3) is 3.23. The number of rotatable bonds is 6. The minimum absolute atomic E-state index is 0.0305. The van der Waals surface area contributed by atoms with Crippen LogP contribution in [0.5, 0.6) is 11.5 Å². The molecule has 0 saturated carbocycles. The molecule has 3 N–H and O–H groups in total. The zero-order chi connectivity index (χ0) is 17.8. The lowest BCUT2D eigenvalue weighted by molar-refractivity contribution is 0.0692. The fraction of sp³-hybridized carbons (Fsp3) is 0.118. The van der Waals surface area contributed by atoms with Gasteiger partial charge in [0.1, 0.15) is 5.56 Å². The van der Waals surface area contributed by atoms with Crippen molar-refractivity contribution >= 4 is 29.2 Å². The first-order chi connectivity index (χ1) is 12.1. The number of fused-ring (bicyclic) bond motifs is 1. The Morgan fingerprint density at radius 3 is 2.72 bits per heavy atom. The molecule has 0 aliphatic rings. The van der Waals surface area contributed by atoms with Gasteiger partial charge in [0.15, 0.2) is 11.5 Å². The number of H-pyrrole nitrogens is 1. The molecule has 0 unspecified atom stereocenters. The molecule has 1 aromatic heterocycles. The summed E-state index contributed by atoms with van der Waals surface area (Å²) in [4.78, 5) is 19.0. The Labute approximate surface area is 143 Å². The van der Waals surface area contributed by atoms with E-state index in [0.29, 0.717) is 17.3 Å². The van der Waals surface area contributed by atoms with Gasteiger partial charge in [0.05, 0.1) is 31.5 Å². The number of nitrogens with one attached hydrogen (secondary N) is 2. The van der Waals surface area contributed by atoms with Crippen LogP contribution in [0.2, 0.25) is 0 Å². The Morgan fingerprint density at radius 1 is 1.24 bits per heavy atom. The Balaban J connectivity index is 1.88. The van der Waals surface area contributed by atoms with E-state index in [1.165, 1.54) is 20.4 Å². The van der Waals surface area contributed by atoms with E-state index >= 15 is 0 Å². The van der Waals surface area contributed by atoms with Crippen LogP contribution in [0.1, 0.15) is 15.9 Å². The van der Waals surface area contributed by atoms with Gasteiger partial charge in [0, 0.05) is 5.56 Å². The summed E-state index contributed by atoms with van der Waals surface area (Å²) < 4.78 is 10.3. The van der Waals surface area contributed by atoms with Crippen molar-refractivity contribution in [3.63, 3.8) is 0 Å². The van der Waals surface area contributed by atoms with Gasteiger partial charge in [-0.2, -0.15) is 5.10 Å². The second kappa shape index (κ2) is 6.91. The van der Waals surface area contributed by atoms with E-state index in [1.807, 2.05) is 24.3 Å². The molecular weight excluding hydrogens is 324 g/mol. The van der Waals surface area contributed by atoms with Gasteiger partial charge in [0.2, 0.25) is 5.95 Å². The maximum atomic E-state index is 11.6. The molecule has 8 nitrogen and oxygen atoms in total. The molecule has 0 amide bonds. The number of carbonyl (C=O) groups is 1. The van der Waals surface area contributed by atoms with Crippen molar-refractivity contribution in [1.82, 2.24) is 9.97 Å². The Hall–Kier alpha value is -3.55. The van der Waals surface area contributed by atoms with Gasteiger partial charge in [-0.1, -0.05) is 12.1 Å². The van der Waals surface area contributed by atoms with Gasteiger partial charge in [-0.25, -0.2) is 15.2 Å². The first kappa shape index (κ1) is 16.3. The van der Waals surface area contributed by atoms with Gasteiger partial charge in [-0.15, -0.1) is 0 Å². The molecule has 0 aliphatic carbocycles. The molecule has 0 atom stereocenters. The van der Waals surface area contributed by atoms with Gasteiger partial charge >= 0.3 is 5.97 Å². The van der Waals surface area contributed by atoms with Crippen LogP contribution >= 0.6 is 0 Å². The van der Waals surface area contributed by atoms with Crippen LogP contribution < -0.4 is 14.9 Å². The molecule has 1 heterocycles. The number of hydrazone groups is 1. The molecule has 0 aliphatic heterocycles. The summed E-state index contributed by atoms with van der Waals surface area (Å²) in [5.41, 5.74) is 4.77. The summed E-state index contributed by atoms with van der Waals surface area (Å²) in [6.07, 6.45) is 1.39. The molecule has 8 heteroatoms. The Kier molecular flexibility index (Phi) is 4.51. The van der Waals surface area contributed by atoms with E-state index in [2.05, 4.69) is 20.5 Å². The van der Waals surface area contributed by atoms with Crippen LogP contribution in [0.3, 0.4) is 0 Å². The minimum atomic E-state index is -1.14. The number of benzene rings is 2. The maximum absolute atomic E-state index is 11.6. The summed E-state index contributed by atoms with van der Waals surface area (Å²) in [6, 6.07) is 10.8. The molecule has 3 aromatic rings. The van der Waals surface area contributed by atoms with Crippen molar-refractivity contribution in [2.24, 2.45) is 5.10 Å². The number of nitrogens with zero attached hydrogens (tertiary/aromatic N) is 2. The number of anilines is 1. The number of methoxy groups -OCH3 is 2. The number of ether oxygens (including phenoxy) is 2. The van der Waals surface area contributed by atoms with Crippen LogP contribution in [0, 0.1) is 0 Å². The number of hydrogen-bond donors (Lipinski definition) is 3. The van der Waals surface area contributed by atoms with E-state index in [9.17, 15) is 9.90 Å². The Morgan fingerprint density at radius 2 is 2.04 bits per heavy atom. The topological polar surface area (TPSA) is 109 Å². The maximum Gasteiger partial charge on any atom is 0.340 e. The van der Waals surface area contributed by atoms with Crippen molar-refractivity contribution in [2.45, 2.75) is 0 Å². The SMILES string of the molecule is COc1ccc(/C=N/Nc2nc3ccccc3[nH]2)c(C(=O)O)c1OC. The fourth-order valence-electron chi connectivity index (χ4n) is 2.44. The molecule has 0 radical (unpaired) electrons. The molecule has 0 spiro atoms. The van der Waals surface area contributed by atoms with Gasteiger partial charge in [-0.05, 0) is 24.3 Å². The molecule has 0 bridgehead atoms. The third-order valence-corrected chi connectivity index (χ3v) is 3.56. The van der Waals surface area contributed by atoms with Crippen LogP contribution in [0.15, 0.2) is 41.5 Å². The lowest BCUT2D eigenvalue weighted by Gasteiger charge is -2.12. The quantitative estimate of drug-likeness (QED) is 0.470. The number of imidazole rings is 1. The molecule has 3 rings (SSSR count). The van der Waals surface area contributed by atoms with Crippen LogP contribution in [0.25, 0.3) is 11.0 Å². The van der Waals surface area contributed by atoms with Gasteiger partial charge in [-0.3, -0.25) is 0 Å². The van der Waals surface area contributed by atoms with Crippen LogP contribution in [0.4, 0.5) is 5.95 Å². The summed E-state index contributed by atoms with van der Waals surface area (Å²) in [7, 11) is 2.83. The summed E-state index contributed by atoms with van der Waals surface area (Å²) in [5, 5.41) is 13.5. The van der Waals surface area contributed by atoms with Crippen molar-refractivity contribution in [3.8, 4) is 11.5 Å². The van der Waals surface area contributed by atoms with E-state index in [-0.39, 0.29) is 11.3 Å². The number of carboxylic acid groups (broad SMARTS) is 1. The highest BCUT2D eigenvalue weighted by Gasteiger charge is 2.20. The number of aromatic amines is 1. The van der Waals surface area contributed by atoms with Gasteiger partial charge in [0.25, 0.3) is 0 Å². The first-order valence-corrected chi connectivity index (χ1v) is 7.36. The van der Waals surface area contributed by atoms with E-state index in [0.717, 1.165) is 11.0 Å². The highest BCUT2D eigenvalue weighted by Crippen LogP contribution is 2.32. The second-order valence-corrected chi connectivity index (χ2v) is 5.04. The zero-order valence-electron chi connectivity index (χ0n) is 13.6.